The molecule has 21 heavy (non-hydrogen) atoms. The van der Waals surface area contributed by atoms with Gasteiger partial charge in [-0.2, -0.15) is 0 Å². The Bertz CT molecular complexity index is 599. The van der Waals surface area contributed by atoms with Gasteiger partial charge in [-0.15, -0.1) is 11.8 Å². The molecule has 0 saturated heterocycles. The second kappa shape index (κ2) is 7.59. The highest BCUT2D eigenvalue weighted by atomic mass is 32.2. The van der Waals surface area contributed by atoms with Crippen molar-refractivity contribution in [2.24, 2.45) is 0 Å². The SMILES string of the molecule is COc1ccc(SCCC(=O)Nc2ccccc2N)cc1. The van der Waals surface area contributed by atoms with Gasteiger partial charge in [0, 0.05) is 17.1 Å². The van der Waals surface area contributed by atoms with Crippen molar-refractivity contribution in [1.82, 2.24) is 0 Å². The Morgan fingerprint density at radius 2 is 1.90 bits per heavy atom. The summed E-state index contributed by atoms with van der Waals surface area (Å²) in [6.07, 6.45) is 0.436. The first-order chi connectivity index (χ1) is 10.2. The van der Waals surface area contributed by atoms with E-state index >= 15 is 0 Å². The van der Waals surface area contributed by atoms with Crippen LogP contribution in [-0.2, 0) is 4.79 Å². The normalized spacial score (nSPS) is 10.1. The minimum atomic E-state index is -0.0334. The molecule has 4 nitrogen and oxygen atoms in total. The van der Waals surface area contributed by atoms with Crippen LogP contribution < -0.4 is 15.8 Å². The number of nitrogen functional groups attached to an aromatic ring is 1. The molecule has 0 unspecified atom stereocenters. The average Bonchev–Trinajstić information content (AvgIpc) is 2.50. The van der Waals surface area contributed by atoms with E-state index in [1.807, 2.05) is 36.4 Å². The lowest BCUT2D eigenvalue weighted by Crippen LogP contribution is -2.13. The zero-order valence-electron chi connectivity index (χ0n) is 11.8. The Hall–Kier alpha value is -2.14. The lowest BCUT2D eigenvalue weighted by Gasteiger charge is -2.07. The predicted octanol–water partition coefficient (Wildman–Crippen LogP) is 3.40. The minimum Gasteiger partial charge on any atom is -0.497 e. The summed E-state index contributed by atoms with van der Waals surface area (Å²) in [6, 6.07) is 15.0. The molecule has 2 aromatic rings. The smallest absolute Gasteiger partial charge is 0.225 e. The van der Waals surface area contributed by atoms with Crippen LogP contribution in [0.5, 0.6) is 5.75 Å². The van der Waals surface area contributed by atoms with Crippen LogP contribution in [0, 0.1) is 0 Å². The van der Waals surface area contributed by atoms with E-state index in [0.29, 0.717) is 23.5 Å². The highest BCUT2D eigenvalue weighted by molar-refractivity contribution is 7.99. The van der Waals surface area contributed by atoms with Crippen molar-refractivity contribution in [2.45, 2.75) is 11.3 Å². The van der Waals surface area contributed by atoms with Gasteiger partial charge in [-0.25, -0.2) is 0 Å². The van der Waals surface area contributed by atoms with E-state index < -0.39 is 0 Å². The fourth-order valence-corrected chi connectivity index (χ4v) is 2.61. The van der Waals surface area contributed by atoms with Crippen molar-refractivity contribution in [3.05, 3.63) is 48.5 Å². The maximum absolute atomic E-state index is 11.9. The molecule has 0 aliphatic rings. The van der Waals surface area contributed by atoms with E-state index in [4.69, 9.17) is 10.5 Å². The monoisotopic (exact) mass is 302 g/mol. The summed E-state index contributed by atoms with van der Waals surface area (Å²) in [4.78, 5) is 13.0. The number of benzene rings is 2. The second-order valence-electron chi connectivity index (χ2n) is 4.41. The molecule has 110 valence electrons. The zero-order valence-corrected chi connectivity index (χ0v) is 12.7. The summed E-state index contributed by atoms with van der Waals surface area (Å²) >= 11 is 1.64. The van der Waals surface area contributed by atoms with Gasteiger partial charge in [-0.1, -0.05) is 12.1 Å². The molecular formula is C16H18N2O2S. The number of hydrogen-bond acceptors (Lipinski definition) is 4. The van der Waals surface area contributed by atoms with Gasteiger partial charge < -0.3 is 15.8 Å². The van der Waals surface area contributed by atoms with Gasteiger partial charge in [0.15, 0.2) is 0 Å². The minimum absolute atomic E-state index is 0.0334. The fraction of sp³-hybridized carbons (Fsp3) is 0.188. The topological polar surface area (TPSA) is 64.3 Å². The number of rotatable bonds is 6. The van der Waals surface area contributed by atoms with E-state index in [-0.39, 0.29) is 5.91 Å². The maximum Gasteiger partial charge on any atom is 0.225 e. The number of thioether (sulfide) groups is 1. The lowest BCUT2D eigenvalue weighted by molar-refractivity contribution is -0.115. The first-order valence-electron chi connectivity index (χ1n) is 6.60. The Morgan fingerprint density at radius 3 is 2.57 bits per heavy atom. The van der Waals surface area contributed by atoms with Crippen LogP contribution in [-0.4, -0.2) is 18.8 Å². The van der Waals surface area contributed by atoms with Gasteiger partial charge >= 0.3 is 0 Å². The number of carbonyl (C=O) groups is 1. The number of hydrogen-bond donors (Lipinski definition) is 2. The molecule has 0 aliphatic heterocycles. The third-order valence-electron chi connectivity index (χ3n) is 2.89. The first-order valence-corrected chi connectivity index (χ1v) is 7.59. The van der Waals surface area contributed by atoms with Crippen LogP contribution in [0.25, 0.3) is 0 Å². The Morgan fingerprint density at radius 1 is 1.19 bits per heavy atom. The van der Waals surface area contributed by atoms with Crippen molar-refractivity contribution in [3.8, 4) is 5.75 Å². The number of amides is 1. The predicted molar refractivity (Wildman–Crippen MR) is 87.8 cm³/mol. The summed E-state index contributed by atoms with van der Waals surface area (Å²) in [7, 11) is 1.64. The Balaban J connectivity index is 1.77. The Labute approximate surface area is 128 Å². The summed E-state index contributed by atoms with van der Waals surface area (Å²) in [5.74, 6) is 1.51. The van der Waals surface area contributed by atoms with E-state index in [2.05, 4.69) is 5.32 Å². The second-order valence-corrected chi connectivity index (χ2v) is 5.58. The average molecular weight is 302 g/mol. The molecule has 0 atom stereocenters. The molecule has 0 aromatic heterocycles. The summed E-state index contributed by atoms with van der Waals surface area (Å²) in [6.45, 7) is 0. The largest absolute Gasteiger partial charge is 0.497 e. The molecule has 0 saturated carbocycles. The fourth-order valence-electron chi connectivity index (χ4n) is 1.76. The highest BCUT2D eigenvalue weighted by Crippen LogP contribution is 2.22. The molecule has 3 N–H and O–H groups in total. The van der Waals surface area contributed by atoms with Crippen LogP contribution in [0.3, 0.4) is 0 Å². The summed E-state index contributed by atoms with van der Waals surface area (Å²) < 4.78 is 5.10. The molecule has 5 heteroatoms. The molecule has 1 amide bonds. The molecule has 0 heterocycles. The third kappa shape index (κ3) is 4.72. The van der Waals surface area contributed by atoms with E-state index in [9.17, 15) is 4.79 Å². The van der Waals surface area contributed by atoms with Gasteiger partial charge in [-0.3, -0.25) is 4.79 Å². The number of nitrogens with one attached hydrogen (secondary N) is 1. The lowest BCUT2D eigenvalue weighted by atomic mass is 10.2. The molecule has 0 aliphatic carbocycles. The molecule has 0 radical (unpaired) electrons. The molecule has 0 bridgehead atoms. The van der Waals surface area contributed by atoms with Crippen molar-refractivity contribution in [2.75, 3.05) is 23.9 Å². The van der Waals surface area contributed by atoms with Gasteiger partial charge in [0.1, 0.15) is 5.75 Å². The molecule has 2 rings (SSSR count). The zero-order chi connectivity index (χ0) is 15.1. The van der Waals surface area contributed by atoms with Gasteiger partial charge in [0.05, 0.1) is 18.5 Å². The van der Waals surface area contributed by atoms with E-state index in [1.54, 1.807) is 31.0 Å². The number of nitrogens with two attached hydrogens (primary N) is 1. The van der Waals surface area contributed by atoms with Crippen LogP contribution in [0.1, 0.15) is 6.42 Å². The number of carbonyl (C=O) groups excluding carboxylic acids is 1. The molecular weight excluding hydrogens is 284 g/mol. The van der Waals surface area contributed by atoms with Crippen molar-refractivity contribution < 1.29 is 9.53 Å². The quantitative estimate of drug-likeness (QED) is 0.634. The summed E-state index contributed by atoms with van der Waals surface area (Å²) in [5, 5.41) is 2.82. The number of methoxy groups -OCH3 is 1. The van der Waals surface area contributed by atoms with Gasteiger partial charge in [-0.05, 0) is 36.4 Å². The number of para-hydroxylation sites is 2. The van der Waals surface area contributed by atoms with Gasteiger partial charge in [0.2, 0.25) is 5.91 Å². The van der Waals surface area contributed by atoms with Crippen LogP contribution in [0.15, 0.2) is 53.4 Å². The van der Waals surface area contributed by atoms with Crippen molar-refractivity contribution in [1.29, 1.82) is 0 Å². The number of ether oxygens (including phenoxy) is 1. The molecule has 2 aromatic carbocycles. The molecule has 0 spiro atoms. The van der Waals surface area contributed by atoms with Crippen LogP contribution >= 0.6 is 11.8 Å². The first kappa shape index (κ1) is 15.3. The van der Waals surface area contributed by atoms with Crippen molar-refractivity contribution in [3.63, 3.8) is 0 Å². The standard InChI is InChI=1S/C16H18N2O2S/c1-20-12-6-8-13(9-7-12)21-11-10-16(19)18-15-5-3-2-4-14(15)17/h2-9H,10-11,17H2,1H3,(H,18,19). The van der Waals surface area contributed by atoms with Crippen molar-refractivity contribution >= 4 is 29.0 Å². The number of anilines is 2. The third-order valence-corrected chi connectivity index (χ3v) is 3.91. The van der Waals surface area contributed by atoms with Crippen LogP contribution in [0.4, 0.5) is 11.4 Å². The Kier molecular flexibility index (Phi) is 5.51. The highest BCUT2D eigenvalue weighted by Gasteiger charge is 2.05. The maximum atomic E-state index is 11.9. The molecule has 0 fully saturated rings. The summed E-state index contributed by atoms with van der Waals surface area (Å²) in [5.41, 5.74) is 7.03. The van der Waals surface area contributed by atoms with E-state index in [0.717, 1.165) is 10.6 Å². The van der Waals surface area contributed by atoms with E-state index in [1.165, 1.54) is 0 Å². The van der Waals surface area contributed by atoms with Crippen LogP contribution in [0.2, 0.25) is 0 Å². The van der Waals surface area contributed by atoms with Gasteiger partial charge in [0.25, 0.3) is 0 Å².